The Labute approximate surface area is 114 Å². The van der Waals surface area contributed by atoms with Gasteiger partial charge in [0.15, 0.2) is 0 Å². The minimum atomic E-state index is -0.904. The lowest BCUT2D eigenvalue weighted by Gasteiger charge is -2.02. The summed E-state index contributed by atoms with van der Waals surface area (Å²) in [5.41, 5.74) is 2.37. The van der Waals surface area contributed by atoms with Crippen LogP contribution in [0.5, 0.6) is 5.75 Å². The van der Waals surface area contributed by atoms with Gasteiger partial charge >= 0.3 is 5.97 Å². The molecule has 0 bridgehead atoms. The molecule has 0 amide bonds. The van der Waals surface area contributed by atoms with Gasteiger partial charge in [0.25, 0.3) is 0 Å². The van der Waals surface area contributed by atoms with Crippen LogP contribution in [0.2, 0.25) is 0 Å². The first-order chi connectivity index (χ1) is 9.24. The summed E-state index contributed by atoms with van der Waals surface area (Å²) >= 11 is 1.43. The Balaban J connectivity index is 2.01. The van der Waals surface area contributed by atoms with Crippen LogP contribution in [0.4, 0.5) is 0 Å². The van der Waals surface area contributed by atoms with Crippen LogP contribution in [-0.2, 0) is 11.2 Å². The van der Waals surface area contributed by atoms with Gasteiger partial charge in [-0.2, -0.15) is 0 Å². The molecule has 1 aliphatic heterocycles. The van der Waals surface area contributed by atoms with E-state index in [1.54, 1.807) is 6.08 Å². The third-order valence-corrected chi connectivity index (χ3v) is 3.94. The molecule has 4 heteroatoms. The van der Waals surface area contributed by atoms with Crippen LogP contribution < -0.4 is 4.74 Å². The van der Waals surface area contributed by atoms with Crippen molar-refractivity contribution in [3.63, 3.8) is 0 Å². The van der Waals surface area contributed by atoms with E-state index in [1.165, 1.54) is 11.3 Å². The lowest BCUT2D eigenvalue weighted by Crippen LogP contribution is -1.97. The predicted molar refractivity (Wildman–Crippen MR) is 75.5 cm³/mol. The second-order valence-corrected chi connectivity index (χ2v) is 5.25. The van der Waals surface area contributed by atoms with Gasteiger partial charge in [0.1, 0.15) is 5.75 Å². The zero-order chi connectivity index (χ0) is 13.2. The highest BCUT2D eigenvalue weighted by Crippen LogP contribution is 2.28. The molecule has 0 spiro atoms. The first-order valence-electron chi connectivity index (χ1n) is 5.98. The third-order valence-electron chi connectivity index (χ3n) is 3.04. The van der Waals surface area contributed by atoms with Crippen molar-refractivity contribution in [3.8, 4) is 5.75 Å². The number of rotatable bonds is 3. The Bertz CT molecular complexity index is 641. The maximum atomic E-state index is 11.3. The summed E-state index contributed by atoms with van der Waals surface area (Å²) in [5.74, 6) is 0.00403. The predicted octanol–water partition coefficient (Wildman–Crippen LogP) is 3.31. The minimum Gasteiger partial charge on any atom is -0.493 e. The van der Waals surface area contributed by atoms with E-state index in [4.69, 9.17) is 4.74 Å². The topological polar surface area (TPSA) is 46.5 Å². The molecule has 0 saturated heterocycles. The van der Waals surface area contributed by atoms with Crippen molar-refractivity contribution in [3.05, 3.63) is 51.7 Å². The van der Waals surface area contributed by atoms with Crippen LogP contribution in [0.1, 0.15) is 16.0 Å². The van der Waals surface area contributed by atoms with E-state index in [-0.39, 0.29) is 0 Å². The first-order valence-corrected chi connectivity index (χ1v) is 6.86. The van der Waals surface area contributed by atoms with Gasteiger partial charge in [0.05, 0.1) is 12.2 Å². The Morgan fingerprint density at radius 2 is 2.26 bits per heavy atom. The van der Waals surface area contributed by atoms with E-state index in [9.17, 15) is 9.90 Å². The standard InChI is InChI=1S/C15H12O3S/c16-15(17)12(14-2-1-7-19-14)9-10-3-4-13-11(8-10)5-6-18-13/h1-4,7-9H,5-6H2,(H,16,17)/b12-9-. The lowest BCUT2D eigenvalue weighted by atomic mass is 10.1. The fourth-order valence-electron chi connectivity index (χ4n) is 2.13. The zero-order valence-corrected chi connectivity index (χ0v) is 10.9. The molecule has 0 radical (unpaired) electrons. The Kier molecular flexibility index (Phi) is 3.09. The summed E-state index contributed by atoms with van der Waals surface area (Å²) in [5, 5.41) is 11.2. The van der Waals surface area contributed by atoms with Crippen LogP contribution in [-0.4, -0.2) is 17.7 Å². The Hall–Kier alpha value is -2.07. The molecule has 0 atom stereocenters. The molecule has 0 saturated carbocycles. The summed E-state index contributed by atoms with van der Waals surface area (Å²) in [7, 11) is 0. The highest BCUT2D eigenvalue weighted by molar-refractivity contribution is 7.11. The quantitative estimate of drug-likeness (QED) is 0.872. The number of ether oxygens (including phenoxy) is 1. The SMILES string of the molecule is O=C(O)/C(=C\c1ccc2c(c1)CCO2)c1cccs1. The monoisotopic (exact) mass is 272 g/mol. The summed E-state index contributed by atoms with van der Waals surface area (Å²) in [6, 6.07) is 9.47. The van der Waals surface area contributed by atoms with Gasteiger partial charge in [-0.05, 0) is 40.8 Å². The van der Waals surface area contributed by atoms with Crippen molar-refractivity contribution >= 4 is 29.0 Å². The van der Waals surface area contributed by atoms with E-state index >= 15 is 0 Å². The molecule has 0 unspecified atom stereocenters. The Morgan fingerprint density at radius 3 is 3.00 bits per heavy atom. The maximum Gasteiger partial charge on any atom is 0.337 e. The molecule has 1 N–H and O–H groups in total. The molecule has 19 heavy (non-hydrogen) atoms. The number of carboxylic acids is 1. The fourth-order valence-corrected chi connectivity index (χ4v) is 2.87. The number of thiophene rings is 1. The second kappa shape index (κ2) is 4.90. The number of carboxylic acid groups (broad SMARTS) is 1. The van der Waals surface area contributed by atoms with Gasteiger partial charge in [0, 0.05) is 11.3 Å². The molecule has 2 aromatic rings. The van der Waals surface area contributed by atoms with E-state index in [1.807, 2.05) is 35.7 Å². The van der Waals surface area contributed by atoms with E-state index in [0.717, 1.165) is 28.2 Å². The summed E-state index contributed by atoms with van der Waals surface area (Å²) in [4.78, 5) is 12.1. The van der Waals surface area contributed by atoms with Crippen LogP contribution in [0.15, 0.2) is 35.7 Å². The molecule has 3 rings (SSSR count). The summed E-state index contributed by atoms with van der Waals surface area (Å²) in [6.07, 6.45) is 2.60. The largest absolute Gasteiger partial charge is 0.493 e. The number of benzene rings is 1. The van der Waals surface area contributed by atoms with Crippen molar-refractivity contribution < 1.29 is 14.6 Å². The highest BCUT2D eigenvalue weighted by atomic mass is 32.1. The number of carbonyl (C=O) groups is 1. The van der Waals surface area contributed by atoms with Crippen molar-refractivity contribution in [2.45, 2.75) is 6.42 Å². The van der Waals surface area contributed by atoms with Gasteiger partial charge in [-0.3, -0.25) is 0 Å². The molecule has 96 valence electrons. The molecule has 0 aliphatic carbocycles. The molecular weight excluding hydrogens is 260 g/mol. The van der Waals surface area contributed by atoms with E-state index in [2.05, 4.69) is 0 Å². The fraction of sp³-hybridized carbons (Fsp3) is 0.133. The Morgan fingerprint density at radius 1 is 1.37 bits per heavy atom. The van der Waals surface area contributed by atoms with Crippen molar-refractivity contribution in [1.82, 2.24) is 0 Å². The minimum absolute atomic E-state index is 0.328. The summed E-state index contributed by atoms with van der Waals surface area (Å²) < 4.78 is 5.44. The third kappa shape index (κ3) is 2.39. The maximum absolute atomic E-state index is 11.3. The van der Waals surface area contributed by atoms with E-state index in [0.29, 0.717) is 12.2 Å². The molecule has 0 fully saturated rings. The molecule has 2 heterocycles. The van der Waals surface area contributed by atoms with Crippen molar-refractivity contribution in [2.24, 2.45) is 0 Å². The number of hydrogen-bond donors (Lipinski definition) is 1. The van der Waals surface area contributed by atoms with Crippen LogP contribution in [0, 0.1) is 0 Å². The van der Waals surface area contributed by atoms with Crippen molar-refractivity contribution in [2.75, 3.05) is 6.61 Å². The molecule has 1 aliphatic rings. The van der Waals surface area contributed by atoms with Crippen molar-refractivity contribution in [1.29, 1.82) is 0 Å². The molecular formula is C15H12O3S. The van der Waals surface area contributed by atoms with Crippen LogP contribution in [0.3, 0.4) is 0 Å². The zero-order valence-electron chi connectivity index (χ0n) is 10.1. The second-order valence-electron chi connectivity index (χ2n) is 4.31. The lowest BCUT2D eigenvalue weighted by molar-refractivity contribution is -0.130. The molecule has 1 aromatic heterocycles. The van der Waals surface area contributed by atoms with E-state index < -0.39 is 5.97 Å². The number of hydrogen-bond acceptors (Lipinski definition) is 3. The number of fused-ring (bicyclic) bond motifs is 1. The highest BCUT2D eigenvalue weighted by Gasteiger charge is 2.14. The smallest absolute Gasteiger partial charge is 0.337 e. The van der Waals surface area contributed by atoms with Gasteiger partial charge < -0.3 is 9.84 Å². The number of aliphatic carboxylic acids is 1. The van der Waals surface area contributed by atoms with Gasteiger partial charge in [-0.1, -0.05) is 12.1 Å². The summed E-state index contributed by atoms with van der Waals surface area (Å²) in [6.45, 7) is 0.708. The average molecular weight is 272 g/mol. The van der Waals surface area contributed by atoms with Gasteiger partial charge in [-0.15, -0.1) is 11.3 Å². The van der Waals surface area contributed by atoms with Gasteiger partial charge in [0.2, 0.25) is 0 Å². The molecule has 3 nitrogen and oxygen atoms in total. The average Bonchev–Trinajstić information content (AvgIpc) is 3.06. The molecule has 1 aromatic carbocycles. The van der Waals surface area contributed by atoms with Crippen LogP contribution in [0.25, 0.3) is 11.6 Å². The van der Waals surface area contributed by atoms with Crippen LogP contribution >= 0.6 is 11.3 Å². The van der Waals surface area contributed by atoms with Gasteiger partial charge in [-0.25, -0.2) is 4.79 Å². The normalized spacial score (nSPS) is 14.0. The first kappa shape index (κ1) is 12.0.